The van der Waals surface area contributed by atoms with Gasteiger partial charge >= 0.3 is 0 Å². The summed E-state index contributed by atoms with van der Waals surface area (Å²) in [6.07, 6.45) is -0.404. The molecule has 2 aromatic rings. The minimum absolute atomic E-state index is 0.0157. The molecule has 1 fully saturated rings. The third kappa shape index (κ3) is 4.88. The van der Waals surface area contributed by atoms with Gasteiger partial charge in [0.25, 0.3) is 0 Å². The van der Waals surface area contributed by atoms with Crippen LogP contribution < -0.4 is 25.8 Å². The standard InChI is InChI=1S/C21H21ClFN5O3S/c1-2-31-14-6-4-13(5-7-14)28-20(30)15-10-24-27-19(15)26-21(28)32-11-18(29)25-17-8-3-12(23)9-16(17)22/h3-9,15,19,24,27H,2,10-11H2,1H3,(H,25,29). The van der Waals surface area contributed by atoms with Gasteiger partial charge in [-0.1, -0.05) is 23.4 Å². The fourth-order valence-electron chi connectivity index (χ4n) is 3.37. The van der Waals surface area contributed by atoms with E-state index in [2.05, 4.69) is 21.2 Å². The predicted octanol–water partition coefficient (Wildman–Crippen LogP) is 3.00. The molecule has 2 unspecified atom stereocenters. The number of hydrogen-bond donors (Lipinski definition) is 3. The van der Waals surface area contributed by atoms with Gasteiger partial charge in [0, 0.05) is 6.54 Å². The smallest absolute Gasteiger partial charge is 0.241 e. The largest absolute Gasteiger partial charge is 0.494 e. The van der Waals surface area contributed by atoms with Crippen LogP contribution in [0.25, 0.3) is 0 Å². The highest BCUT2D eigenvalue weighted by Crippen LogP contribution is 2.30. The van der Waals surface area contributed by atoms with E-state index in [1.165, 1.54) is 17.0 Å². The normalized spacial score (nSPS) is 20.0. The molecule has 11 heteroatoms. The summed E-state index contributed by atoms with van der Waals surface area (Å²) in [5, 5.41) is 3.15. The van der Waals surface area contributed by atoms with E-state index in [1.54, 1.807) is 24.3 Å². The summed E-state index contributed by atoms with van der Waals surface area (Å²) < 4.78 is 18.7. The fraction of sp³-hybridized carbons (Fsp3) is 0.286. The Labute approximate surface area is 193 Å². The molecule has 1 saturated heterocycles. The average Bonchev–Trinajstić information content (AvgIpc) is 3.24. The number of rotatable bonds is 6. The first-order valence-electron chi connectivity index (χ1n) is 9.97. The van der Waals surface area contributed by atoms with Gasteiger partial charge in [0.2, 0.25) is 11.8 Å². The molecule has 2 aliphatic heterocycles. The highest BCUT2D eigenvalue weighted by molar-refractivity contribution is 8.14. The number of thioether (sulfide) groups is 1. The lowest BCUT2D eigenvalue weighted by Gasteiger charge is -2.32. The van der Waals surface area contributed by atoms with Crippen LogP contribution in [0.4, 0.5) is 15.8 Å². The van der Waals surface area contributed by atoms with Crippen LogP contribution in [0.1, 0.15) is 6.92 Å². The van der Waals surface area contributed by atoms with Crippen molar-refractivity contribution in [1.82, 2.24) is 10.9 Å². The monoisotopic (exact) mass is 477 g/mol. The number of halogens is 2. The summed E-state index contributed by atoms with van der Waals surface area (Å²) in [5.41, 5.74) is 6.89. The van der Waals surface area contributed by atoms with Crippen LogP contribution in [-0.4, -0.2) is 42.1 Å². The van der Waals surface area contributed by atoms with Gasteiger partial charge in [-0.15, -0.1) is 0 Å². The van der Waals surface area contributed by atoms with E-state index in [0.717, 1.165) is 17.8 Å². The highest BCUT2D eigenvalue weighted by Gasteiger charge is 2.42. The van der Waals surface area contributed by atoms with Crippen molar-refractivity contribution in [3.8, 4) is 5.75 Å². The summed E-state index contributed by atoms with van der Waals surface area (Å²) in [6, 6.07) is 10.9. The topological polar surface area (TPSA) is 95.1 Å². The molecule has 8 nitrogen and oxygen atoms in total. The number of amides is 2. The first-order valence-corrected chi connectivity index (χ1v) is 11.3. The van der Waals surface area contributed by atoms with Crippen LogP contribution in [0, 0.1) is 11.7 Å². The zero-order chi connectivity index (χ0) is 22.7. The molecule has 0 spiro atoms. The number of anilines is 2. The van der Waals surface area contributed by atoms with Gasteiger partial charge in [-0.05, 0) is 49.4 Å². The van der Waals surface area contributed by atoms with Crippen molar-refractivity contribution in [3.63, 3.8) is 0 Å². The van der Waals surface area contributed by atoms with Crippen molar-refractivity contribution < 1.29 is 18.7 Å². The van der Waals surface area contributed by atoms with E-state index >= 15 is 0 Å². The predicted molar refractivity (Wildman–Crippen MR) is 123 cm³/mol. The Bertz CT molecular complexity index is 1050. The lowest BCUT2D eigenvalue weighted by molar-refractivity contribution is -0.121. The lowest BCUT2D eigenvalue weighted by Crippen LogP contribution is -2.49. The van der Waals surface area contributed by atoms with E-state index in [1.807, 2.05) is 6.92 Å². The highest BCUT2D eigenvalue weighted by atomic mass is 35.5. The minimum Gasteiger partial charge on any atom is -0.494 e. The van der Waals surface area contributed by atoms with Gasteiger partial charge in [-0.25, -0.2) is 14.8 Å². The maximum absolute atomic E-state index is 13.2. The van der Waals surface area contributed by atoms with E-state index in [0.29, 0.717) is 35.4 Å². The summed E-state index contributed by atoms with van der Waals surface area (Å²) >= 11 is 7.11. The van der Waals surface area contributed by atoms with Gasteiger partial charge in [0.15, 0.2) is 5.17 Å². The van der Waals surface area contributed by atoms with Crippen LogP contribution in [0.3, 0.4) is 0 Å². The summed E-state index contributed by atoms with van der Waals surface area (Å²) in [6.45, 7) is 2.90. The lowest BCUT2D eigenvalue weighted by atomic mass is 10.0. The van der Waals surface area contributed by atoms with Crippen molar-refractivity contribution in [3.05, 3.63) is 53.3 Å². The molecule has 2 atom stereocenters. The molecular weight excluding hydrogens is 457 g/mol. The van der Waals surface area contributed by atoms with Crippen molar-refractivity contribution in [1.29, 1.82) is 0 Å². The van der Waals surface area contributed by atoms with Gasteiger partial charge in [0.05, 0.1) is 34.7 Å². The third-order valence-corrected chi connectivity index (χ3v) is 6.14. The first-order chi connectivity index (χ1) is 15.5. The fourth-order valence-corrected chi connectivity index (χ4v) is 4.43. The van der Waals surface area contributed by atoms with Crippen LogP contribution in [0.15, 0.2) is 47.5 Å². The number of hydrazine groups is 1. The van der Waals surface area contributed by atoms with E-state index < -0.39 is 12.0 Å². The Morgan fingerprint density at radius 2 is 2.12 bits per heavy atom. The Morgan fingerprint density at radius 1 is 1.34 bits per heavy atom. The summed E-state index contributed by atoms with van der Waals surface area (Å²) in [5.74, 6) is -0.628. The second-order valence-corrected chi connectivity index (χ2v) is 8.40. The summed E-state index contributed by atoms with van der Waals surface area (Å²) in [4.78, 5) is 31.8. The van der Waals surface area contributed by atoms with Gasteiger partial charge in [-0.2, -0.15) is 0 Å². The molecule has 32 heavy (non-hydrogen) atoms. The summed E-state index contributed by atoms with van der Waals surface area (Å²) in [7, 11) is 0. The van der Waals surface area contributed by atoms with Crippen LogP contribution in [-0.2, 0) is 9.59 Å². The average molecular weight is 478 g/mol. The SMILES string of the molecule is CCOc1ccc(N2C(=O)C3CNNC3N=C2SCC(=O)Nc2ccc(F)cc2Cl)cc1. The number of fused-ring (bicyclic) bond motifs is 1. The molecular formula is C21H21ClFN5O3S. The van der Waals surface area contributed by atoms with E-state index in [9.17, 15) is 14.0 Å². The molecule has 2 aromatic carbocycles. The van der Waals surface area contributed by atoms with Crippen LogP contribution >= 0.6 is 23.4 Å². The van der Waals surface area contributed by atoms with Gasteiger partial charge in [0.1, 0.15) is 17.7 Å². The van der Waals surface area contributed by atoms with Crippen LogP contribution in [0.5, 0.6) is 5.75 Å². The zero-order valence-corrected chi connectivity index (χ0v) is 18.7. The molecule has 3 N–H and O–H groups in total. The quantitative estimate of drug-likeness (QED) is 0.592. The molecule has 0 radical (unpaired) electrons. The minimum atomic E-state index is -0.490. The second kappa shape index (κ2) is 9.86. The Kier molecular flexibility index (Phi) is 6.95. The molecule has 0 aromatic heterocycles. The van der Waals surface area contributed by atoms with Gasteiger partial charge in [-0.3, -0.25) is 19.9 Å². The van der Waals surface area contributed by atoms with Crippen molar-refractivity contribution in [2.45, 2.75) is 13.1 Å². The number of aliphatic imine (C=N–C) groups is 1. The number of carbonyl (C=O) groups excluding carboxylic acids is 2. The van der Waals surface area contributed by atoms with E-state index in [4.69, 9.17) is 16.3 Å². The molecule has 2 amide bonds. The Morgan fingerprint density at radius 3 is 2.84 bits per heavy atom. The molecule has 2 heterocycles. The Balaban J connectivity index is 1.51. The molecule has 0 saturated carbocycles. The first kappa shape index (κ1) is 22.5. The number of carbonyl (C=O) groups is 2. The molecule has 2 aliphatic rings. The number of nitrogens with zero attached hydrogens (tertiary/aromatic N) is 2. The maximum atomic E-state index is 13.2. The molecule has 0 aliphatic carbocycles. The third-order valence-electron chi connectivity index (χ3n) is 4.87. The molecule has 168 valence electrons. The number of ether oxygens (including phenoxy) is 1. The number of benzene rings is 2. The molecule has 0 bridgehead atoms. The zero-order valence-electron chi connectivity index (χ0n) is 17.1. The van der Waals surface area contributed by atoms with Crippen molar-refractivity contribution >= 4 is 51.7 Å². The number of amidine groups is 1. The second-order valence-electron chi connectivity index (χ2n) is 7.05. The number of hydrogen-bond acceptors (Lipinski definition) is 7. The van der Waals surface area contributed by atoms with Crippen molar-refractivity contribution in [2.24, 2.45) is 10.9 Å². The van der Waals surface area contributed by atoms with Crippen LogP contribution in [0.2, 0.25) is 5.02 Å². The van der Waals surface area contributed by atoms with Crippen molar-refractivity contribution in [2.75, 3.05) is 29.1 Å². The molecule has 4 rings (SSSR count). The van der Waals surface area contributed by atoms with E-state index in [-0.39, 0.29) is 28.5 Å². The number of nitrogens with one attached hydrogen (secondary N) is 3. The van der Waals surface area contributed by atoms with Gasteiger partial charge < -0.3 is 10.1 Å². The maximum Gasteiger partial charge on any atom is 0.241 e. The Hall–Kier alpha value is -2.66.